The highest BCUT2D eigenvalue weighted by molar-refractivity contribution is 7.88. The first kappa shape index (κ1) is 15.9. The number of carbonyl (C=O) groups excluding carboxylic acids is 1. The van der Waals surface area contributed by atoms with E-state index in [1.165, 1.54) is 0 Å². The summed E-state index contributed by atoms with van der Waals surface area (Å²) in [5.41, 5.74) is 0. The van der Waals surface area contributed by atoms with Crippen molar-refractivity contribution in [2.45, 2.75) is 38.6 Å². The van der Waals surface area contributed by atoms with Gasteiger partial charge in [-0.3, -0.25) is 9.89 Å². The Bertz CT molecular complexity index is 602. The molecule has 1 aliphatic heterocycles. The van der Waals surface area contributed by atoms with Crippen molar-refractivity contribution in [3.63, 3.8) is 0 Å². The van der Waals surface area contributed by atoms with Crippen LogP contribution in [0.5, 0.6) is 0 Å². The molecule has 0 aliphatic carbocycles. The van der Waals surface area contributed by atoms with Crippen LogP contribution in [0.4, 0.5) is 0 Å². The summed E-state index contributed by atoms with van der Waals surface area (Å²) in [6.45, 7) is 4.93. The van der Waals surface area contributed by atoms with Crippen molar-refractivity contribution in [3.05, 3.63) is 11.6 Å². The second-order valence-electron chi connectivity index (χ2n) is 5.66. The van der Waals surface area contributed by atoms with E-state index in [9.17, 15) is 13.2 Å². The number of piperidine rings is 1. The molecule has 2 rings (SSSR count). The number of hydrogen-bond donors (Lipinski definition) is 2. The van der Waals surface area contributed by atoms with E-state index in [-0.39, 0.29) is 23.7 Å². The Balaban J connectivity index is 1.93. The third-order valence-electron chi connectivity index (χ3n) is 3.40. The molecule has 0 spiro atoms. The number of rotatable bonds is 4. The molecule has 1 aromatic rings. The minimum Gasteiger partial charge on any atom is -0.336 e. The van der Waals surface area contributed by atoms with Crippen LogP contribution in [-0.2, 0) is 10.0 Å². The van der Waals surface area contributed by atoms with Crippen LogP contribution in [0.15, 0.2) is 0 Å². The van der Waals surface area contributed by atoms with E-state index in [4.69, 9.17) is 0 Å². The molecule has 1 aliphatic rings. The molecule has 2 heterocycles. The van der Waals surface area contributed by atoms with Gasteiger partial charge in [-0.1, -0.05) is 13.8 Å². The molecular formula is C12H21N5O3S. The van der Waals surface area contributed by atoms with Gasteiger partial charge in [-0.15, -0.1) is 5.10 Å². The van der Waals surface area contributed by atoms with Crippen LogP contribution in [0.2, 0.25) is 0 Å². The predicted molar refractivity (Wildman–Crippen MR) is 77.4 cm³/mol. The SMILES string of the molecule is CC(C)c1nc(C(=O)N2CCC(NS(C)(=O)=O)CC2)n[nH]1. The van der Waals surface area contributed by atoms with Gasteiger partial charge in [0.2, 0.25) is 15.8 Å². The lowest BCUT2D eigenvalue weighted by Gasteiger charge is -2.31. The molecule has 0 saturated carbocycles. The molecule has 21 heavy (non-hydrogen) atoms. The molecule has 118 valence electrons. The molecule has 9 heteroatoms. The smallest absolute Gasteiger partial charge is 0.293 e. The second kappa shape index (κ2) is 6.10. The van der Waals surface area contributed by atoms with Gasteiger partial charge in [-0.25, -0.2) is 18.1 Å². The van der Waals surface area contributed by atoms with Crippen molar-refractivity contribution >= 4 is 15.9 Å². The molecule has 0 atom stereocenters. The lowest BCUT2D eigenvalue weighted by molar-refractivity contribution is 0.0699. The maximum Gasteiger partial charge on any atom is 0.293 e. The fourth-order valence-corrected chi connectivity index (χ4v) is 3.11. The normalized spacial score (nSPS) is 17.4. The first-order valence-corrected chi connectivity index (χ1v) is 8.84. The Hall–Kier alpha value is -1.48. The predicted octanol–water partition coefficient (Wildman–Crippen LogP) is 0.0819. The third-order valence-corrected chi connectivity index (χ3v) is 4.17. The average molecular weight is 315 g/mol. The second-order valence-corrected chi connectivity index (χ2v) is 7.44. The summed E-state index contributed by atoms with van der Waals surface area (Å²) in [6.07, 6.45) is 2.34. The van der Waals surface area contributed by atoms with Crippen molar-refractivity contribution in [1.82, 2.24) is 24.8 Å². The Morgan fingerprint density at radius 1 is 1.38 bits per heavy atom. The van der Waals surface area contributed by atoms with E-state index in [2.05, 4.69) is 19.9 Å². The van der Waals surface area contributed by atoms with Gasteiger partial charge in [0.1, 0.15) is 5.82 Å². The molecule has 1 fully saturated rings. The largest absolute Gasteiger partial charge is 0.336 e. The first-order chi connectivity index (χ1) is 9.76. The number of sulfonamides is 1. The number of carbonyl (C=O) groups is 1. The highest BCUT2D eigenvalue weighted by Gasteiger charge is 2.27. The molecule has 1 amide bonds. The molecule has 0 radical (unpaired) electrons. The maximum absolute atomic E-state index is 12.3. The van der Waals surface area contributed by atoms with Crippen molar-refractivity contribution in [2.24, 2.45) is 0 Å². The summed E-state index contributed by atoms with van der Waals surface area (Å²) in [6, 6.07) is -0.109. The third kappa shape index (κ3) is 4.24. The monoisotopic (exact) mass is 315 g/mol. The lowest BCUT2D eigenvalue weighted by Crippen LogP contribution is -2.46. The zero-order valence-electron chi connectivity index (χ0n) is 12.5. The van der Waals surface area contributed by atoms with Crippen molar-refractivity contribution in [1.29, 1.82) is 0 Å². The number of nitrogens with one attached hydrogen (secondary N) is 2. The summed E-state index contributed by atoms with van der Waals surface area (Å²) in [5.74, 6) is 0.833. The van der Waals surface area contributed by atoms with Crippen LogP contribution in [0.1, 0.15) is 49.1 Å². The highest BCUT2D eigenvalue weighted by atomic mass is 32.2. The molecule has 1 saturated heterocycles. The van der Waals surface area contributed by atoms with Gasteiger partial charge >= 0.3 is 0 Å². The van der Waals surface area contributed by atoms with Crippen molar-refractivity contribution < 1.29 is 13.2 Å². The van der Waals surface area contributed by atoms with Gasteiger partial charge in [0.15, 0.2) is 0 Å². The van der Waals surface area contributed by atoms with Gasteiger partial charge in [0.25, 0.3) is 5.91 Å². The van der Waals surface area contributed by atoms with E-state index in [1.54, 1.807) is 4.90 Å². The Kier molecular flexibility index (Phi) is 4.62. The summed E-state index contributed by atoms with van der Waals surface area (Å²) in [5, 5.41) is 6.72. The van der Waals surface area contributed by atoms with Crippen LogP contribution in [-0.4, -0.2) is 59.8 Å². The highest BCUT2D eigenvalue weighted by Crippen LogP contribution is 2.14. The van der Waals surface area contributed by atoms with Gasteiger partial charge in [0, 0.05) is 25.0 Å². The number of likely N-dealkylation sites (tertiary alicyclic amines) is 1. The number of nitrogens with zero attached hydrogens (tertiary/aromatic N) is 3. The first-order valence-electron chi connectivity index (χ1n) is 6.95. The van der Waals surface area contributed by atoms with Crippen molar-refractivity contribution in [3.8, 4) is 0 Å². The zero-order valence-corrected chi connectivity index (χ0v) is 13.3. The van der Waals surface area contributed by atoms with Gasteiger partial charge in [-0.05, 0) is 12.8 Å². The van der Waals surface area contributed by atoms with E-state index in [1.807, 2.05) is 13.8 Å². The van der Waals surface area contributed by atoms with Gasteiger partial charge < -0.3 is 4.90 Å². The molecule has 1 aromatic heterocycles. The van der Waals surface area contributed by atoms with Crippen LogP contribution in [0, 0.1) is 0 Å². The number of aromatic amines is 1. The average Bonchev–Trinajstić information content (AvgIpc) is 2.86. The summed E-state index contributed by atoms with van der Waals surface area (Å²) < 4.78 is 24.9. The minimum atomic E-state index is -3.20. The summed E-state index contributed by atoms with van der Waals surface area (Å²) in [4.78, 5) is 18.1. The number of aromatic nitrogens is 3. The van der Waals surface area contributed by atoms with Crippen molar-refractivity contribution in [2.75, 3.05) is 19.3 Å². The zero-order chi connectivity index (χ0) is 15.6. The van der Waals surface area contributed by atoms with Crippen LogP contribution < -0.4 is 4.72 Å². The Labute approximate surface area is 124 Å². The molecule has 0 bridgehead atoms. The van der Waals surface area contributed by atoms with Gasteiger partial charge in [-0.2, -0.15) is 0 Å². The lowest BCUT2D eigenvalue weighted by atomic mass is 10.1. The number of hydrogen-bond acceptors (Lipinski definition) is 5. The summed E-state index contributed by atoms with van der Waals surface area (Å²) in [7, 11) is -3.20. The van der Waals surface area contributed by atoms with Crippen LogP contribution in [0.25, 0.3) is 0 Å². The fourth-order valence-electron chi connectivity index (χ4n) is 2.27. The number of H-pyrrole nitrogens is 1. The quantitative estimate of drug-likeness (QED) is 0.818. The standard InChI is InChI=1S/C12H21N5O3S/c1-8(2)10-13-11(15-14-10)12(18)17-6-4-9(5-7-17)16-21(3,19)20/h8-9,16H,4-7H2,1-3H3,(H,13,14,15). The Morgan fingerprint density at radius 2 is 2.00 bits per heavy atom. The molecule has 8 nitrogen and oxygen atoms in total. The van der Waals surface area contributed by atoms with Gasteiger partial charge in [0.05, 0.1) is 6.26 Å². The molecule has 2 N–H and O–H groups in total. The maximum atomic E-state index is 12.3. The van der Waals surface area contributed by atoms with Crippen LogP contribution in [0.3, 0.4) is 0 Å². The van der Waals surface area contributed by atoms with Crippen LogP contribution >= 0.6 is 0 Å². The minimum absolute atomic E-state index is 0.109. The number of amides is 1. The molecule has 0 aromatic carbocycles. The molecular weight excluding hydrogens is 294 g/mol. The van der Waals surface area contributed by atoms with E-state index < -0.39 is 10.0 Å². The fraction of sp³-hybridized carbons (Fsp3) is 0.750. The van der Waals surface area contributed by atoms with E-state index in [0.717, 1.165) is 6.26 Å². The van der Waals surface area contributed by atoms with E-state index in [0.29, 0.717) is 31.8 Å². The Morgan fingerprint density at radius 3 is 2.48 bits per heavy atom. The topological polar surface area (TPSA) is 108 Å². The molecule has 0 unspecified atom stereocenters. The summed E-state index contributed by atoms with van der Waals surface area (Å²) >= 11 is 0. The van der Waals surface area contributed by atoms with E-state index >= 15 is 0 Å².